The second-order valence-electron chi connectivity index (χ2n) is 6.32. The molecule has 2 aromatic carbocycles. The predicted molar refractivity (Wildman–Crippen MR) is 97.4 cm³/mol. The summed E-state index contributed by atoms with van der Waals surface area (Å²) in [5, 5.41) is 13.8. The van der Waals surface area contributed by atoms with Crippen molar-refractivity contribution in [1.82, 2.24) is 30.4 Å². The Morgan fingerprint density at radius 2 is 1.76 bits per heavy atom. The molecule has 0 bridgehead atoms. The maximum atomic E-state index is 13.4. The number of amides is 3. The van der Waals surface area contributed by atoms with Crippen LogP contribution in [0.3, 0.4) is 0 Å². The van der Waals surface area contributed by atoms with Gasteiger partial charge in [-0.1, -0.05) is 18.2 Å². The second-order valence-corrected chi connectivity index (χ2v) is 6.32. The van der Waals surface area contributed by atoms with Gasteiger partial charge in [0.1, 0.15) is 5.82 Å². The molecule has 0 saturated heterocycles. The summed E-state index contributed by atoms with van der Waals surface area (Å²) < 4.78 is 14.7. The monoisotopic (exact) mass is 394 g/mol. The lowest BCUT2D eigenvalue weighted by atomic mass is 10.1. The van der Waals surface area contributed by atoms with Crippen LogP contribution in [0.1, 0.15) is 33.0 Å². The maximum absolute atomic E-state index is 13.4. The van der Waals surface area contributed by atoms with Crippen LogP contribution in [0.5, 0.6) is 0 Å². The van der Waals surface area contributed by atoms with Gasteiger partial charge in [-0.15, -0.1) is 5.10 Å². The Hall–Kier alpha value is -3.95. The SMILES string of the molecule is O=C(CCN1C(=O)c2ccccc2C1=O)NCc1nnnn1-c1cccc(F)c1. The molecule has 4 rings (SSSR count). The molecular formula is C19H15FN6O3. The summed E-state index contributed by atoms with van der Waals surface area (Å²) in [5.41, 5.74) is 1.10. The van der Waals surface area contributed by atoms with E-state index in [0.717, 1.165) is 4.90 Å². The van der Waals surface area contributed by atoms with Gasteiger partial charge in [-0.3, -0.25) is 19.3 Å². The molecule has 9 nitrogen and oxygen atoms in total. The third-order valence-electron chi connectivity index (χ3n) is 4.47. The summed E-state index contributed by atoms with van der Waals surface area (Å²) in [5.74, 6) is -1.32. The van der Waals surface area contributed by atoms with E-state index in [-0.39, 0.29) is 25.4 Å². The van der Waals surface area contributed by atoms with E-state index >= 15 is 0 Å². The van der Waals surface area contributed by atoms with Crippen LogP contribution in [0.25, 0.3) is 5.69 Å². The van der Waals surface area contributed by atoms with Gasteiger partial charge in [-0.2, -0.15) is 4.68 Å². The number of hydrogen-bond donors (Lipinski definition) is 1. The average Bonchev–Trinajstić information content (AvgIpc) is 3.29. The minimum Gasteiger partial charge on any atom is -0.349 e. The molecule has 0 fully saturated rings. The van der Waals surface area contributed by atoms with Crippen molar-refractivity contribution in [3.05, 3.63) is 71.3 Å². The summed E-state index contributed by atoms with van der Waals surface area (Å²) >= 11 is 0. The fourth-order valence-corrected chi connectivity index (χ4v) is 3.05. The molecular weight excluding hydrogens is 379 g/mol. The summed E-state index contributed by atoms with van der Waals surface area (Å²) in [6, 6.07) is 12.3. The number of benzene rings is 2. The molecule has 0 aliphatic carbocycles. The summed E-state index contributed by atoms with van der Waals surface area (Å²) in [7, 11) is 0. The van der Waals surface area contributed by atoms with Gasteiger partial charge >= 0.3 is 0 Å². The van der Waals surface area contributed by atoms with Crippen LogP contribution in [0.2, 0.25) is 0 Å². The molecule has 1 aliphatic rings. The molecule has 0 saturated carbocycles. The highest BCUT2D eigenvalue weighted by atomic mass is 19.1. The van der Waals surface area contributed by atoms with Crippen LogP contribution in [0, 0.1) is 5.82 Å². The highest BCUT2D eigenvalue weighted by Crippen LogP contribution is 2.22. The standard InChI is InChI=1S/C19H15FN6O3/c20-12-4-3-5-13(10-12)26-16(22-23-24-26)11-21-17(27)8-9-25-18(28)14-6-1-2-7-15(14)19(25)29/h1-7,10H,8-9,11H2,(H,21,27). The normalized spacial score (nSPS) is 12.9. The number of hydrogen-bond acceptors (Lipinski definition) is 6. The first-order valence-corrected chi connectivity index (χ1v) is 8.79. The number of rotatable bonds is 6. The number of carbonyl (C=O) groups is 3. The van der Waals surface area contributed by atoms with Gasteiger partial charge in [-0.05, 0) is 40.8 Å². The topological polar surface area (TPSA) is 110 Å². The van der Waals surface area contributed by atoms with Gasteiger partial charge < -0.3 is 5.32 Å². The minimum absolute atomic E-state index is 0.00443. The molecule has 1 aromatic heterocycles. The number of imide groups is 1. The molecule has 1 N–H and O–H groups in total. The largest absolute Gasteiger partial charge is 0.349 e. The van der Waals surface area contributed by atoms with E-state index in [0.29, 0.717) is 22.6 Å². The minimum atomic E-state index is -0.436. The zero-order valence-corrected chi connectivity index (χ0v) is 15.1. The van der Waals surface area contributed by atoms with Crippen LogP contribution >= 0.6 is 0 Å². The van der Waals surface area contributed by atoms with Crippen molar-refractivity contribution in [2.24, 2.45) is 0 Å². The van der Waals surface area contributed by atoms with Crippen LogP contribution in [0.4, 0.5) is 4.39 Å². The van der Waals surface area contributed by atoms with E-state index in [1.165, 1.54) is 22.9 Å². The Labute approximate surface area is 164 Å². The number of fused-ring (bicyclic) bond motifs is 1. The van der Waals surface area contributed by atoms with Crippen LogP contribution < -0.4 is 5.32 Å². The molecule has 0 radical (unpaired) electrons. The molecule has 146 valence electrons. The van der Waals surface area contributed by atoms with Gasteiger partial charge in [0.15, 0.2) is 5.82 Å². The number of halogens is 1. The lowest BCUT2D eigenvalue weighted by Gasteiger charge is -2.13. The maximum Gasteiger partial charge on any atom is 0.261 e. The molecule has 29 heavy (non-hydrogen) atoms. The lowest BCUT2D eigenvalue weighted by Crippen LogP contribution is -2.34. The van der Waals surface area contributed by atoms with Crippen molar-refractivity contribution in [2.75, 3.05) is 6.54 Å². The van der Waals surface area contributed by atoms with Gasteiger partial charge in [0.2, 0.25) is 5.91 Å². The molecule has 3 aromatic rings. The smallest absolute Gasteiger partial charge is 0.261 e. The van der Waals surface area contributed by atoms with E-state index in [9.17, 15) is 18.8 Å². The molecule has 10 heteroatoms. The van der Waals surface area contributed by atoms with Crippen molar-refractivity contribution in [1.29, 1.82) is 0 Å². The highest BCUT2D eigenvalue weighted by molar-refractivity contribution is 6.21. The van der Waals surface area contributed by atoms with Crippen molar-refractivity contribution in [3.8, 4) is 5.69 Å². The van der Waals surface area contributed by atoms with E-state index in [4.69, 9.17) is 0 Å². The van der Waals surface area contributed by atoms with Gasteiger partial charge in [-0.25, -0.2) is 4.39 Å². The van der Waals surface area contributed by atoms with E-state index in [1.807, 2.05) is 0 Å². The number of aromatic nitrogens is 4. The molecule has 0 atom stereocenters. The van der Waals surface area contributed by atoms with Gasteiger partial charge in [0, 0.05) is 13.0 Å². The van der Waals surface area contributed by atoms with E-state index in [2.05, 4.69) is 20.8 Å². The number of nitrogens with one attached hydrogen (secondary N) is 1. The van der Waals surface area contributed by atoms with E-state index < -0.39 is 17.6 Å². The summed E-state index contributed by atoms with van der Waals surface area (Å²) in [4.78, 5) is 37.9. The third kappa shape index (κ3) is 3.59. The van der Waals surface area contributed by atoms with Gasteiger partial charge in [0.05, 0.1) is 23.4 Å². The molecule has 0 spiro atoms. The zero-order chi connectivity index (χ0) is 20.4. The molecule has 2 heterocycles. The first-order valence-electron chi connectivity index (χ1n) is 8.79. The summed E-state index contributed by atoms with van der Waals surface area (Å²) in [6.07, 6.45) is -0.0625. The van der Waals surface area contributed by atoms with Crippen molar-refractivity contribution in [3.63, 3.8) is 0 Å². The second kappa shape index (κ2) is 7.58. The fraction of sp³-hybridized carbons (Fsp3) is 0.158. The lowest BCUT2D eigenvalue weighted by molar-refractivity contribution is -0.121. The van der Waals surface area contributed by atoms with Crippen LogP contribution in [-0.4, -0.2) is 49.4 Å². The average molecular weight is 394 g/mol. The number of carbonyl (C=O) groups excluding carboxylic acids is 3. The first kappa shape index (κ1) is 18.4. The van der Waals surface area contributed by atoms with Crippen molar-refractivity contribution < 1.29 is 18.8 Å². The van der Waals surface area contributed by atoms with Crippen LogP contribution in [-0.2, 0) is 11.3 Å². The first-order chi connectivity index (χ1) is 14.0. The van der Waals surface area contributed by atoms with E-state index in [1.54, 1.807) is 30.3 Å². The number of nitrogens with zero attached hydrogens (tertiary/aromatic N) is 5. The van der Waals surface area contributed by atoms with Crippen molar-refractivity contribution in [2.45, 2.75) is 13.0 Å². The van der Waals surface area contributed by atoms with Crippen molar-refractivity contribution >= 4 is 17.7 Å². The third-order valence-corrected chi connectivity index (χ3v) is 4.47. The Morgan fingerprint density at radius 1 is 1.03 bits per heavy atom. The Balaban J connectivity index is 1.35. The Morgan fingerprint density at radius 3 is 2.45 bits per heavy atom. The summed E-state index contributed by atoms with van der Waals surface area (Å²) in [6.45, 7) is -0.0303. The Kier molecular flexibility index (Phi) is 4.82. The zero-order valence-electron chi connectivity index (χ0n) is 15.1. The van der Waals surface area contributed by atoms with Crippen LogP contribution in [0.15, 0.2) is 48.5 Å². The highest BCUT2D eigenvalue weighted by Gasteiger charge is 2.34. The molecule has 1 aliphatic heterocycles. The fourth-order valence-electron chi connectivity index (χ4n) is 3.05. The molecule has 0 unspecified atom stereocenters. The van der Waals surface area contributed by atoms with Gasteiger partial charge in [0.25, 0.3) is 11.8 Å². The quantitative estimate of drug-likeness (QED) is 0.627. The molecule has 3 amide bonds. The number of tetrazole rings is 1. The predicted octanol–water partition coefficient (Wildman–Crippen LogP) is 1.10. The Bertz CT molecular complexity index is 1080.